The van der Waals surface area contributed by atoms with Gasteiger partial charge in [-0.1, -0.05) is 6.07 Å². The van der Waals surface area contributed by atoms with E-state index in [0.29, 0.717) is 25.6 Å². The van der Waals surface area contributed by atoms with Crippen LogP contribution in [0.15, 0.2) is 24.4 Å². The van der Waals surface area contributed by atoms with E-state index >= 15 is 0 Å². The standard InChI is InChI=1S/C17H26N4O2S/c22-24(23,20-9-3-4-10-20)21-12-15-6-7-17(21)14-19(11-15)13-16-5-1-2-8-18-16/h1-2,5,8,15,17H,3-4,6-7,9-14H2/t15-,17+/m0/s1. The van der Waals surface area contributed by atoms with Crippen molar-refractivity contribution in [3.8, 4) is 0 Å². The van der Waals surface area contributed by atoms with E-state index in [4.69, 9.17) is 0 Å². The van der Waals surface area contributed by atoms with Crippen molar-refractivity contribution in [1.29, 1.82) is 0 Å². The minimum absolute atomic E-state index is 0.109. The first-order valence-electron chi connectivity index (χ1n) is 9.02. The molecule has 7 heteroatoms. The van der Waals surface area contributed by atoms with Gasteiger partial charge in [0.1, 0.15) is 0 Å². The largest absolute Gasteiger partial charge is 0.296 e. The molecule has 0 spiro atoms. The molecule has 4 aliphatic heterocycles. The van der Waals surface area contributed by atoms with Crippen molar-refractivity contribution in [2.24, 2.45) is 5.92 Å². The van der Waals surface area contributed by atoms with Gasteiger partial charge in [0.05, 0.1) is 5.69 Å². The van der Waals surface area contributed by atoms with Gasteiger partial charge in [0.15, 0.2) is 0 Å². The summed E-state index contributed by atoms with van der Waals surface area (Å²) >= 11 is 0. The lowest BCUT2D eigenvalue weighted by atomic mass is 9.97. The Kier molecular flexibility index (Phi) is 4.60. The third-order valence-corrected chi connectivity index (χ3v) is 7.60. The lowest BCUT2D eigenvalue weighted by molar-refractivity contribution is 0.213. The predicted octanol–water partition coefficient (Wildman–Crippen LogP) is 1.32. The van der Waals surface area contributed by atoms with E-state index < -0.39 is 10.2 Å². The molecule has 1 aromatic heterocycles. The number of aromatic nitrogens is 1. The van der Waals surface area contributed by atoms with E-state index in [1.165, 1.54) is 0 Å². The van der Waals surface area contributed by atoms with Gasteiger partial charge < -0.3 is 0 Å². The first-order valence-corrected chi connectivity index (χ1v) is 10.4. The molecular formula is C17H26N4O2S. The van der Waals surface area contributed by atoms with Gasteiger partial charge in [-0.05, 0) is 43.7 Å². The van der Waals surface area contributed by atoms with Crippen molar-refractivity contribution in [3.63, 3.8) is 0 Å². The predicted molar refractivity (Wildman–Crippen MR) is 92.5 cm³/mol. The van der Waals surface area contributed by atoms with Crippen LogP contribution in [0.3, 0.4) is 0 Å². The van der Waals surface area contributed by atoms with E-state index in [1.54, 1.807) is 4.31 Å². The van der Waals surface area contributed by atoms with Gasteiger partial charge in [-0.2, -0.15) is 17.0 Å². The van der Waals surface area contributed by atoms with Crippen LogP contribution in [0.4, 0.5) is 0 Å². The van der Waals surface area contributed by atoms with Gasteiger partial charge in [-0.25, -0.2) is 0 Å². The summed E-state index contributed by atoms with van der Waals surface area (Å²) in [6, 6.07) is 6.10. The minimum Gasteiger partial charge on any atom is -0.296 e. The van der Waals surface area contributed by atoms with Crippen molar-refractivity contribution in [3.05, 3.63) is 30.1 Å². The number of rotatable bonds is 4. The van der Waals surface area contributed by atoms with Crippen molar-refractivity contribution < 1.29 is 8.42 Å². The first-order chi connectivity index (χ1) is 11.6. The van der Waals surface area contributed by atoms with Gasteiger partial charge in [0.25, 0.3) is 10.2 Å². The Labute approximate surface area is 144 Å². The quantitative estimate of drug-likeness (QED) is 0.822. The lowest BCUT2D eigenvalue weighted by Gasteiger charge is -2.37. The lowest BCUT2D eigenvalue weighted by Crippen LogP contribution is -2.52. The molecule has 4 saturated heterocycles. The molecule has 4 fully saturated rings. The number of hydrogen-bond donors (Lipinski definition) is 0. The Morgan fingerprint density at radius 1 is 1.08 bits per heavy atom. The Hall–Kier alpha value is -1.02. The van der Waals surface area contributed by atoms with Crippen LogP contribution in [0.25, 0.3) is 0 Å². The minimum atomic E-state index is -3.29. The molecule has 4 aliphatic rings. The molecule has 0 saturated carbocycles. The number of hydrogen-bond acceptors (Lipinski definition) is 4. The molecule has 5 heterocycles. The molecule has 0 N–H and O–H groups in total. The zero-order chi connectivity index (χ0) is 16.6. The second kappa shape index (κ2) is 6.71. The molecule has 0 radical (unpaired) electrons. The van der Waals surface area contributed by atoms with Crippen LogP contribution in [0.2, 0.25) is 0 Å². The molecule has 0 aromatic carbocycles. The second-order valence-corrected chi connectivity index (χ2v) is 9.18. The van der Waals surface area contributed by atoms with E-state index in [-0.39, 0.29) is 6.04 Å². The SMILES string of the molecule is O=S(=O)(N1CCCC1)N1C[C@H]2CC[C@@H]1CN(Cc1ccccn1)C2. The summed E-state index contributed by atoms with van der Waals surface area (Å²) in [5.41, 5.74) is 1.06. The van der Waals surface area contributed by atoms with Crippen LogP contribution in [0.5, 0.6) is 0 Å². The van der Waals surface area contributed by atoms with Crippen molar-refractivity contribution in [2.45, 2.75) is 38.3 Å². The fourth-order valence-corrected chi connectivity index (χ4v) is 6.30. The Morgan fingerprint density at radius 3 is 2.67 bits per heavy atom. The monoisotopic (exact) mass is 350 g/mol. The number of pyridine rings is 1. The van der Waals surface area contributed by atoms with Crippen LogP contribution in [0.1, 0.15) is 31.4 Å². The van der Waals surface area contributed by atoms with Gasteiger partial charge in [-0.3, -0.25) is 9.88 Å². The van der Waals surface area contributed by atoms with Crippen LogP contribution >= 0.6 is 0 Å². The Bertz CT molecular complexity index is 660. The maximum Gasteiger partial charge on any atom is 0.282 e. The second-order valence-electron chi connectivity index (χ2n) is 7.30. The topological polar surface area (TPSA) is 56.8 Å². The molecule has 1 aromatic rings. The zero-order valence-corrected chi connectivity index (χ0v) is 14.9. The number of nitrogens with zero attached hydrogens (tertiary/aromatic N) is 4. The molecule has 0 unspecified atom stereocenters. The van der Waals surface area contributed by atoms with Gasteiger partial charge in [-0.15, -0.1) is 0 Å². The molecule has 132 valence electrons. The normalized spacial score (nSPS) is 29.8. The maximum absolute atomic E-state index is 13.0. The molecule has 2 bridgehead atoms. The maximum atomic E-state index is 13.0. The summed E-state index contributed by atoms with van der Waals surface area (Å²) in [7, 11) is -3.29. The average Bonchev–Trinajstić information content (AvgIpc) is 3.00. The zero-order valence-electron chi connectivity index (χ0n) is 14.0. The fourth-order valence-electron chi connectivity index (χ4n) is 4.34. The smallest absolute Gasteiger partial charge is 0.282 e. The summed E-state index contributed by atoms with van der Waals surface area (Å²) in [4.78, 5) is 6.82. The highest BCUT2D eigenvalue weighted by Crippen LogP contribution is 2.32. The Balaban J connectivity index is 1.50. The molecule has 24 heavy (non-hydrogen) atoms. The molecular weight excluding hydrogens is 324 g/mol. The van der Waals surface area contributed by atoms with Crippen LogP contribution < -0.4 is 0 Å². The van der Waals surface area contributed by atoms with Crippen LogP contribution in [0, 0.1) is 5.92 Å². The highest BCUT2D eigenvalue weighted by atomic mass is 32.2. The summed E-state index contributed by atoms with van der Waals surface area (Å²) in [6.07, 6.45) is 5.93. The van der Waals surface area contributed by atoms with E-state index in [1.807, 2.05) is 28.7 Å². The van der Waals surface area contributed by atoms with Crippen molar-refractivity contribution in [1.82, 2.24) is 18.5 Å². The van der Waals surface area contributed by atoms with Gasteiger partial charge >= 0.3 is 0 Å². The third kappa shape index (κ3) is 3.22. The molecule has 6 nitrogen and oxygen atoms in total. The molecule has 5 rings (SSSR count). The van der Waals surface area contributed by atoms with Gasteiger partial charge in [0, 0.05) is 51.5 Å². The van der Waals surface area contributed by atoms with Crippen LogP contribution in [-0.4, -0.2) is 65.7 Å². The molecule has 2 atom stereocenters. The molecule has 0 amide bonds. The highest BCUT2D eigenvalue weighted by Gasteiger charge is 2.43. The van der Waals surface area contributed by atoms with Crippen LogP contribution in [-0.2, 0) is 16.8 Å². The van der Waals surface area contributed by atoms with E-state index in [2.05, 4.69) is 9.88 Å². The number of piperidine rings is 1. The van der Waals surface area contributed by atoms with E-state index in [9.17, 15) is 8.42 Å². The van der Waals surface area contributed by atoms with Crippen molar-refractivity contribution >= 4 is 10.2 Å². The summed E-state index contributed by atoms with van der Waals surface area (Å²) in [5.74, 6) is 0.435. The fraction of sp³-hybridized carbons (Fsp3) is 0.706. The summed E-state index contributed by atoms with van der Waals surface area (Å²) in [6.45, 7) is 4.66. The molecule has 0 aliphatic carbocycles. The van der Waals surface area contributed by atoms with Gasteiger partial charge in [0.2, 0.25) is 0 Å². The summed E-state index contributed by atoms with van der Waals surface area (Å²) < 4.78 is 29.5. The number of fused-ring (bicyclic) bond motifs is 4. The summed E-state index contributed by atoms with van der Waals surface area (Å²) in [5, 5.41) is 0. The third-order valence-electron chi connectivity index (χ3n) is 5.54. The average molecular weight is 350 g/mol. The first kappa shape index (κ1) is 16.4. The van der Waals surface area contributed by atoms with E-state index in [0.717, 1.165) is 51.0 Å². The Morgan fingerprint density at radius 2 is 1.92 bits per heavy atom. The van der Waals surface area contributed by atoms with Crippen molar-refractivity contribution in [2.75, 3.05) is 32.7 Å². The highest BCUT2D eigenvalue weighted by molar-refractivity contribution is 7.86.